The van der Waals surface area contributed by atoms with E-state index in [1.807, 2.05) is 12.1 Å². The van der Waals surface area contributed by atoms with Crippen molar-refractivity contribution in [1.82, 2.24) is 5.06 Å². The van der Waals surface area contributed by atoms with Crippen molar-refractivity contribution < 1.29 is 23.8 Å². The van der Waals surface area contributed by atoms with E-state index in [0.717, 1.165) is 76.9 Å². The lowest BCUT2D eigenvalue weighted by Crippen LogP contribution is -2.69. The SMILES string of the molecule is CCC1(CC)CC2(CC(C)(C)N1OCCc1ccc(OCC3CO3)cc1)OCC1(CC=CCC1)CO2. The van der Waals surface area contributed by atoms with E-state index < -0.39 is 5.79 Å². The van der Waals surface area contributed by atoms with Crippen LogP contribution in [0.5, 0.6) is 5.75 Å². The molecule has 1 aromatic carbocycles. The molecule has 0 bridgehead atoms. The molecule has 2 spiro atoms. The average Bonchev–Trinajstić information content (AvgIpc) is 3.72. The molecule has 1 aliphatic carbocycles. The molecule has 5 rings (SSSR count). The second-order valence-electron chi connectivity index (χ2n) is 12.1. The van der Waals surface area contributed by atoms with Crippen molar-refractivity contribution >= 4 is 0 Å². The fraction of sp³-hybridized carbons (Fsp3) is 0.733. The highest BCUT2D eigenvalue weighted by Crippen LogP contribution is 2.52. The molecule has 3 fully saturated rings. The van der Waals surface area contributed by atoms with Gasteiger partial charge in [0.15, 0.2) is 5.79 Å². The van der Waals surface area contributed by atoms with Crippen molar-refractivity contribution in [3.8, 4) is 5.75 Å². The molecule has 1 atom stereocenters. The second kappa shape index (κ2) is 10.4. The number of hydrogen-bond acceptors (Lipinski definition) is 6. The fourth-order valence-electron chi connectivity index (χ4n) is 6.53. The smallest absolute Gasteiger partial charge is 0.172 e. The topological polar surface area (TPSA) is 52.7 Å². The van der Waals surface area contributed by atoms with Gasteiger partial charge in [-0.2, -0.15) is 5.06 Å². The predicted molar refractivity (Wildman–Crippen MR) is 140 cm³/mol. The molecule has 0 amide bonds. The van der Waals surface area contributed by atoms with Gasteiger partial charge in [0.2, 0.25) is 0 Å². The first-order valence-electron chi connectivity index (χ1n) is 14.0. The van der Waals surface area contributed by atoms with E-state index in [4.69, 9.17) is 23.8 Å². The number of epoxide rings is 1. The molecule has 4 aliphatic rings. The maximum atomic E-state index is 6.71. The zero-order valence-electron chi connectivity index (χ0n) is 22.7. The Bertz CT molecular complexity index is 894. The van der Waals surface area contributed by atoms with Gasteiger partial charge < -0.3 is 18.9 Å². The van der Waals surface area contributed by atoms with Gasteiger partial charge in [-0.1, -0.05) is 38.1 Å². The molecular formula is C30H45NO5. The molecule has 200 valence electrons. The second-order valence-corrected chi connectivity index (χ2v) is 12.1. The van der Waals surface area contributed by atoms with Crippen molar-refractivity contribution in [2.45, 2.75) is 102 Å². The van der Waals surface area contributed by atoms with Crippen LogP contribution in [0.1, 0.15) is 78.2 Å². The Labute approximate surface area is 217 Å². The normalized spacial score (nSPS) is 27.8. The summed E-state index contributed by atoms with van der Waals surface area (Å²) in [7, 11) is 0. The van der Waals surface area contributed by atoms with Crippen LogP contribution in [0.2, 0.25) is 0 Å². The summed E-state index contributed by atoms with van der Waals surface area (Å²) in [6.07, 6.45) is 12.7. The lowest BCUT2D eigenvalue weighted by molar-refractivity contribution is -0.388. The zero-order chi connectivity index (χ0) is 25.3. The Hall–Kier alpha value is -1.44. The third kappa shape index (κ3) is 5.53. The zero-order valence-corrected chi connectivity index (χ0v) is 22.7. The van der Waals surface area contributed by atoms with E-state index in [0.29, 0.717) is 13.2 Å². The molecule has 1 aromatic rings. The van der Waals surface area contributed by atoms with Gasteiger partial charge in [0.05, 0.1) is 32.0 Å². The number of allylic oxidation sites excluding steroid dienone is 2. The van der Waals surface area contributed by atoms with Gasteiger partial charge in [-0.3, -0.25) is 4.84 Å². The van der Waals surface area contributed by atoms with Crippen LogP contribution in [0, 0.1) is 5.41 Å². The molecule has 6 heteroatoms. The standard InChI is InChI=1S/C30H45NO5/c1-5-29(6-2)21-30(34-22-28(23-35-30)15-8-7-9-16-28)20-27(3,4)31(29)36-17-14-24-10-12-25(13-11-24)32-18-26-19-33-26/h7-8,10-13,26H,5-6,9,14-23H2,1-4H3. The van der Waals surface area contributed by atoms with E-state index in [2.05, 4.69) is 57.0 Å². The minimum absolute atomic E-state index is 0.124. The van der Waals surface area contributed by atoms with E-state index in [9.17, 15) is 0 Å². The Kier molecular flexibility index (Phi) is 7.54. The number of nitrogens with zero attached hydrogens (tertiary/aromatic N) is 1. The molecule has 1 unspecified atom stereocenters. The molecule has 0 aromatic heterocycles. The summed E-state index contributed by atoms with van der Waals surface area (Å²) >= 11 is 0. The first kappa shape index (κ1) is 26.2. The highest BCUT2D eigenvalue weighted by atomic mass is 16.7. The van der Waals surface area contributed by atoms with Crippen LogP contribution in [0.4, 0.5) is 0 Å². The average molecular weight is 500 g/mol. The molecule has 3 saturated heterocycles. The van der Waals surface area contributed by atoms with Gasteiger partial charge in [-0.05, 0) is 70.1 Å². The predicted octanol–water partition coefficient (Wildman–Crippen LogP) is 5.84. The maximum absolute atomic E-state index is 6.71. The highest BCUT2D eigenvalue weighted by Gasteiger charge is 2.59. The Balaban J connectivity index is 1.21. The lowest BCUT2D eigenvalue weighted by Gasteiger charge is -2.61. The number of hydrogen-bond donors (Lipinski definition) is 0. The van der Waals surface area contributed by atoms with Gasteiger partial charge in [0.1, 0.15) is 18.5 Å². The first-order chi connectivity index (χ1) is 17.3. The largest absolute Gasteiger partial charge is 0.491 e. The third-order valence-electron chi connectivity index (χ3n) is 8.81. The lowest BCUT2D eigenvalue weighted by atomic mass is 9.71. The Morgan fingerprint density at radius 2 is 1.72 bits per heavy atom. The van der Waals surface area contributed by atoms with Crippen molar-refractivity contribution in [2.75, 3.05) is 33.0 Å². The summed E-state index contributed by atoms with van der Waals surface area (Å²) in [5.41, 5.74) is 1.08. The monoisotopic (exact) mass is 499 g/mol. The summed E-state index contributed by atoms with van der Waals surface area (Å²) < 4.78 is 24.4. The van der Waals surface area contributed by atoms with Crippen molar-refractivity contribution in [3.05, 3.63) is 42.0 Å². The molecular weight excluding hydrogens is 454 g/mol. The van der Waals surface area contributed by atoms with Gasteiger partial charge in [0, 0.05) is 23.8 Å². The quantitative estimate of drug-likeness (QED) is 0.314. The summed E-state index contributed by atoms with van der Waals surface area (Å²) in [4.78, 5) is 6.63. The van der Waals surface area contributed by atoms with E-state index in [1.54, 1.807) is 0 Å². The summed E-state index contributed by atoms with van der Waals surface area (Å²) in [6, 6.07) is 8.36. The van der Waals surface area contributed by atoms with Gasteiger partial charge in [-0.25, -0.2) is 0 Å². The molecule has 3 heterocycles. The van der Waals surface area contributed by atoms with Crippen molar-refractivity contribution in [3.63, 3.8) is 0 Å². The minimum atomic E-state index is -0.525. The summed E-state index contributed by atoms with van der Waals surface area (Å²) in [5, 5.41) is 2.30. The van der Waals surface area contributed by atoms with Crippen molar-refractivity contribution in [1.29, 1.82) is 0 Å². The van der Waals surface area contributed by atoms with Crippen LogP contribution in [0.3, 0.4) is 0 Å². The van der Waals surface area contributed by atoms with Gasteiger partial charge in [-0.15, -0.1) is 0 Å². The van der Waals surface area contributed by atoms with Crippen LogP contribution in [0.15, 0.2) is 36.4 Å². The van der Waals surface area contributed by atoms with Crippen LogP contribution >= 0.6 is 0 Å². The highest BCUT2D eigenvalue weighted by molar-refractivity contribution is 5.27. The number of ether oxygens (including phenoxy) is 4. The van der Waals surface area contributed by atoms with Gasteiger partial charge >= 0.3 is 0 Å². The maximum Gasteiger partial charge on any atom is 0.172 e. The summed E-state index contributed by atoms with van der Waals surface area (Å²) in [6.45, 7) is 12.8. The van der Waals surface area contributed by atoms with E-state index >= 15 is 0 Å². The number of piperidine rings is 1. The Morgan fingerprint density at radius 3 is 2.33 bits per heavy atom. The van der Waals surface area contributed by atoms with Crippen LogP contribution in [0.25, 0.3) is 0 Å². The van der Waals surface area contributed by atoms with Crippen LogP contribution < -0.4 is 4.74 Å². The number of hydroxylamine groups is 2. The molecule has 36 heavy (non-hydrogen) atoms. The molecule has 6 nitrogen and oxygen atoms in total. The minimum Gasteiger partial charge on any atom is -0.491 e. The fourth-order valence-corrected chi connectivity index (χ4v) is 6.53. The number of rotatable bonds is 9. The Morgan fingerprint density at radius 1 is 1.00 bits per heavy atom. The third-order valence-corrected chi connectivity index (χ3v) is 8.81. The summed E-state index contributed by atoms with van der Waals surface area (Å²) in [5.74, 6) is 0.371. The molecule has 3 aliphatic heterocycles. The van der Waals surface area contributed by atoms with Crippen molar-refractivity contribution in [2.24, 2.45) is 5.41 Å². The number of benzene rings is 1. The first-order valence-corrected chi connectivity index (χ1v) is 14.0. The molecule has 0 N–H and O–H groups in total. The van der Waals surface area contributed by atoms with Crippen LogP contribution in [-0.4, -0.2) is 61.1 Å². The van der Waals surface area contributed by atoms with E-state index in [1.165, 1.54) is 5.56 Å². The van der Waals surface area contributed by atoms with Crippen LogP contribution in [-0.2, 0) is 25.5 Å². The van der Waals surface area contributed by atoms with Gasteiger partial charge in [0.25, 0.3) is 0 Å². The van der Waals surface area contributed by atoms with E-state index in [-0.39, 0.29) is 22.6 Å². The molecule has 0 saturated carbocycles. The molecule has 0 radical (unpaired) electrons.